The van der Waals surface area contributed by atoms with Gasteiger partial charge in [0.2, 0.25) is 0 Å². The Balaban J connectivity index is 2.10. The summed E-state index contributed by atoms with van der Waals surface area (Å²) in [5, 5.41) is 11.0. The number of aromatic nitrogens is 2. The summed E-state index contributed by atoms with van der Waals surface area (Å²) in [6.07, 6.45) is 6.20. The third kappa shape index (κ3) is 4.14. The van der Waals surface area contributed by atoms with Crippen LogP contribution in [0.25, 0.3) is 0 Å². The van der Waals surface area contributed by atoms with Gasteiger partial charge in [-0.3, -0.25) is 4.79 Å². The van der Waals surface area contributed by atoms with Crippen LogP contribution < -0.4 is 16.0 Å². The van der Waals surface area contributed by atoms with Gasteiger partial charge < -0.3 is 16.0 Å². The molecule has 0 radical (unpaired) electrons. The molecular weight excluding hydrogens is 266 g/mol. The highest BCUT2D eigenvalue weighted by molar-refractivity contribution is 5.92. The lowest BCUT2D eigenvalue weighted by molar-refractivity contribution is 0.0950. The fourth-order valence-electron chi connectivity index (χ4n) is 2.87. The van der Waals surface area contributed by atoms with Crippen LogP contribution in [0.15, 0.2) is 12.1 Å². The summed E-state index contributed by atoms with van der Waals surface area (Å²) in [6, 6.07) is 4.11. The molecule has 2 rings (SSSR count). The zero-order chi connectivity index (χ0) is 15.1. The summed E-state index contributed by atoms with van der Waals surface area (Å²) in [5.41, 5.74) is 6.10. The van der Waals surface area contributed by atoms with Gasteiger partial charge in [0.15, 0.2) is 11.5 Å². The summed E-state index contributed by atoms with van der Waals surface area (Å²) < 4.78 is 0. The van der Waals surface area contributed by atoms with Crippen LogP contribution >= 0.6 is 0 Å². The predicted molar refractivity (Wildman–Crippen MR) is 83.3 cm³/mol. The number of amides is 1. The number of anilines is 1. The summed E-state index contributed by atoms with van der Waals surface area (Å²) in [7, 11) is 0. The Kier molecular flexibility index (Phi) is 5.92. The average Bonchev–Trinajstić information content (AvgIpc) is 2.54. The Labute approximate surface area is 126 Å². The molecule has 1 saturated carbocycles. The van der Waals surface area contributed by atoms with Gasteiger partial charge in [0, 0.05) is 25.7 Å². The number of carbonyl (C=O) groups is 1. The highest BCUT2D eigenvalue weighted by Crippen LogP contribution is 2.25. The van der Waals surface area contributed by atoms with Gasteiger partial charge in [-0.2, -0.15) is 0 Å². The van der Waals surface area contributed by atoms with E-state index in [0.717, 1.165) is 12.4 Å². The Hall–Kier alpha value is -1.69. The maximum atomic E-state index is 11.7. The van der Waals surface area contributed by atoms with E-state index in [1.807, 2.05) is 13.0 Å². The van der Waals surface area contributed by atoms with Crippen LogP contribution in [0.4, 0.5) is 5.82 Å². The fraction of sp³-hybridized carbons (Fsp3) is 0.667. The maximum Gasteiger partial charge on any atom is 0.271 e. The molecule has 1 heterocycles. The first-order chi connectivity index (χ1) is 10.3. The lowest BCUT2D eigenvalue weighted by atomic mass is 9.94. The van der Waals surface area contributed by atoms with E-state index < -0.39 is 0 Å². The highest BCUT2D eigenvalue weighted by Gasteiger charge is 2.22. The van der Waals surface area contributed by atoms with Crippen molar-refractivity contribution in [1.29, 1.82) is 0 Å². The fourth-order valence-corrected chi connectivity index (χ4v) is 2.87. The number of hydrogen-bond acceptors (Lipinski definition) is 5. The zero-order valence-electron chi connectivity index (χ0n) is 12.7. The van der Waals surface area contributed by atoms with Gasteiger partial charge in [0.05, 0.1) is 0 Å². The van der Waals surface area contributed by atoms with E-state index in [2.05, 4.69) is 20.4 Å². The molecule has 1 aromatic heterocycles. The summed E-state index contributed by atoms with van der Waals surface area (Å²) >= 11 is 0. The summed E-state index contributed by atoms with van der Waals surface area (Å²) in [6.45, 7) is 3.84. The van der Waals surface area contributed by atoms with Crippen LogP contribution in [0, 0.1) is 0 Å². The molecular formula is C15H25N5O. The van der Waals surface area contributed by atoms with E-state index in [1.54, 1.807) is 6.07 Å². The van der Waals surface area contributed by atoms with Gasteiger partial charge in [0.25, 0.3) is 5.91 Å². The molecule has 0 aromatic carbocycles. The SMILES string of the molecule is CCNC(=O)c1ccc(N(CCN)C2CCCCC2)nn1. The van der Waals surface area contributed by atoms with Crippen molar-refractivity contribution >= 4 is 11.7 Å². The molecule has 0 aliphatic heterocycles. The van der Waals surface area contributed by atoms with E-state index in [-0.39, 0.29) is 5.91 Å². The van der Waals surface area contributed by atoms with Crippen molar-refractivity contribution in [2.45, 2.75) is 45.1 Å². The minimum Gasteiger partial charge on any atom is -0.351 e. The Morgan fingerprint density at radius 2 is 2.10 bits per heavy atom. The number of rotatable bonds is 6. The van der Waals surface area contributed by atoms with Crippen LogP contribution in [0.2, 0.25) is 0 Å². The minimum absolute atomic E-state index is 0.181. The molecule has 0 spiro atoms. The Morgan fingerprint density at radius 3 is 2.67 bits per heavy atom. The number of nitrogens with one attached hydrogen (secondary N) is 1. The lowest BCUT2D eigenvalue weighted by Crippen LogP contribution is -2.40. The van der Waals surface area contributed by atoms with Crippen molar-refractivity contribution in [1.82, 2.24) is 15.5 Å². The highest BCUT2D eigenvalue weighted by atomic mass is 16.1. The third-order valence-corrected chi connectivity index (χ3v) is 3.90. The zero-order valence-corrected chi connectivity index (χ0v) is 12.7. The number of nitrogens with two attached hydrogens (primary N) is 1. The number of nitrogens with zero attached hydrogens (tertiary/aromatic N) is 3. The van der Waals surface area contributed by atoms with Crippen molar-refractivity contribution < 1.29 is 4.79 Å². The minimum atomic E-state index is -0.181. The number of hydrogen-bond donors (Lipinski definition) is 2. The van der Waals surface area contributed by atoms with E-state index in [9.17, 15) is 4.79 Å². The van der Waals surface area contributed by atoms with E-state index in [1.165, 1.54) is 32.1 Å². The molecule has 1 fully saturated rings. The topological polar surface area (TPSA) is 84.1 Å². The van der Waals surface area contributed by atoms with E-state index in [0.29, 0.717) is 24.8 Å². The van der Waals surface area contributed by atoms with Crippen LogP contribution in [0.1, 0.15) is 49.5 Å². The van der Waals surface area contributed by atoms with Crippen LogP contribution in [-0.2, 0) is 0 Å². The lowest BCUT2D eigenvalue weighted by Gasteiger charge is -2.34. The quantitative estimate of drug-likeness (QED) is 0.826. The molecule has 1 aromatic rings. The van der Waals surface area contributed by atoms with Gasteiger partial charge in [-0.05, 0) is 31.9 Å². The molecule has 3 N–H and O–H groups in total. The van der Waals surface area contributed by atoms with E-state index >= 15 is 0 Å². The van der Waals surface area contributed by atoms with Gasteiger partial charge in [-0.1, -0.05) is 19.3 Å². The second-order valence-corrected chi connectivity index (χ2v) is 5.41. The molecule has 116 valence electrons. The molecule has 1 aliphatic carbocycles. The first-order valence-corrected chi connectivity index (χ1v) is 7.85. The van der Waals surface area contributed by atoms with Crippen LogP contribution in [0.5, 0.6) is 0 Å². The van der Waals surface area contributed by atoms with Gasteiger partial charge >= 0.3 is 0 Å². The largest absolute Gasteiger partial charge is 0.351 e. The van der Waals surface area contributed by atoms with Crippen molar-refractivity contribution in [2.75, 3.05) is 24.5 Å². The molecule has 1 aliphatic rings. The molecule has 0 unspecified atom stereocenters. The first kappa shape index (κ1) is 15.7. The number of carbonyl (C=O) groups excluding carboxylic acids is 1. The maximum absolute atomic E-state index is 11.7. The molecule has 1 amide bonds. The summed E-state index contributed by atoms with van der Waals surface area (Å²) in [5.74, 6) is 0.639. The molecule has 0 atom stereocenters. The predicted octanol–water partition coefficient (Wildman–Crippen LogP) is 1.32. The summed E-state index contributed by atoms with van der Waals surface area (Å²) in [4.78, 5) is 13.9. The standard InChI is InChI=1S/C15H25N5O/c1-2-17-15(21)13-8-9-14(19-18-13)20(11-10-16)12-6-4-3-5-7-12/h8-9,12H,2-7,10-11,16H2,1H3,(H,17,21). The van der Waals surface area contributed by atoms with Crippen molar-refractivity contribution in [3.63, 3.8) is 0 Å². The first-order valence-electron chi connectivity index (χ1n) is 7.85. The van der Waals surface area contributed by atoms with Crippen LogP contribution in [0.3, 0.4) is 0 Å². The second-order valence-electron chi connectivity index (χ2n) is 5.41. The van der Waals surface area contributed by atoms with Crippen molar-refractivity contribution in [3.8, 4) is 0 Å². The van der Waals surface area contributed by atoms with Crippen molar-refractivity contribution in [2.24, 2.45) is 5.73 Å². The molecule has 6 nitrogen and oxygen atoms in total. The second kappa shape index (κ2) is 7.93. The Bertz CT molecular complexity index is 442. The monoisotopic (exact) mass is 291 g/mol. The normalized spacial score (nSPS) is 15.7. The average molecular weight is 291 g/mol. The van der Waals surface area contributed by atoms with Gasteiger partial charge in [-0.15, -0.1) is 10.2 Å². The van der Waals surface area contributed by atoms with Crippen molar-refractivity contribution in [3.05, 3.63) is 17.8 Å². The van der Waals surface area contributed by atoms with Gasteiger partial charge in [0.1, 0.15) is 0 Å². The molecule has 6 heteroatoms. The third-order valence-electron chi connectivity index (χ3n) is 3.90. The smallest absolute Gasteiger partial charge is 0.271 e. The molecule has 0 bridgehead atoms. The molecule has 21 heavy (non-hydrogen) atoms. The Morgan fingerprint density at radius 1 is 1.33 bits per heavy atom. The van der Waals surface area contributed by atoms with Gasteiger partial charge in [-0.25, -0.2) is 0 Å². The van der Waals surface area contributed by atoms with Crippen LogP contribution in [-0.4, -0.2) is 41.8 Å². The molecule has 0 saturated heterocycles. The van der Waals surface area contributed by atoms with E-state index in [4.69, 9.17) is 5.73 Å².